The van der Waals surface area contributed by atoms with Crippen LogP contribution in [0.4, 0.5) is 13.2 Å². The van der Waals surface area contributed by atoms with Crippen LogP contribution >= 0.6 is 0 Å². The highest BCUT2D eigenvalue weighted by Crippen LogP contribution is 2.29. The number of halogens is 3. The van der Waals surface area contributed by atoms with Crippen molar-refractivity contribution in [2.45, 2.75) is 19.6 Å². The first-order valence-corrected chi connectivity index (χ1v) is 7.80. The first kappa shape index (κ1) is 17.7. The van der Waals surface area contributed by atoms with Gasteiger partial charge >= 0.3 is 6.18 Å². The number of benzene rings is 1. The normalized spacial score (nSPS) is 11.5. The molecule has 1 amide bonds. The fraction of sp³-hybridized carbons (Fsp3) is 0.235. The Morgan fingerprint density at radius 3 is 2.54 bits per heavy atom. The molecule has 0 aliphatic heterocycles. The van der Waals surface area contributed by atoms with Crippen LogP contribution in [0, 0.1) is 0 Å². The predicted molar refractivity (Wildman–Crippen MR) is 86.8 cm³/mol. The van der Waals surface area contributed by atoms with Crippen LogP contribution in [0.15, 0.2) is 42.6 Å². The lowest BCUT2D eigenvalue weighted by atomic mass is 10.2. The van der Waals surface area contributed by atoms with Gasteiger partial charge in [0.1, 0.15) is 5.75 Å². The number of hydrogen-bond donors (Lipinski definition) is 1. The van der Waals surface area contributed by atoms with E-state index in [0.717, 1.165) is 12.3 Å². The van der Waals surface area contributed by atoms with Crippen LogP contribution in [-0.4, -0.2) is 27.1 Å². The molecule has 0 radical (unpaired) electrons. The topological polar surface area (TPSA) is 68.5 Å². The van der Waals surface area contributed by atoms with Crippen LogP contribution in [-0.2, 0) is 12.7 Å². The van der Waals surface area contributed by atoms with Gasteiger partial charge in [-0.05, 0) is 43.3 Å². The fourth-order valence-electron chi connectivity index (χ4n) is 2.36. The summed E-state index contributed by atoms with van der Waals surface area (Å²) in [5, 5.41) is 10.3. The molecule has 6 nitrogen and oxygen atoms in total. The first-order valence-electron chi connectivity index (χ1n) is 7.80. The quantitative estimate of drug-likeness (QED) is 0.756. The summed E-state index contributed by atoms with van der Waals surface area (Å²) in [6, 6.07) is 8.70. The number of nitrogens with zero attached hydrogens (tertiary/aromatic N) is 3. The zero-order valence-corrected chi connectivity index (χ0v) is 13.7. The van der Waals surface area contributed by atoms with Crippen molar-refractivity contribution >= 4 is 11.6 Å². The molecule has 3 aromatic rings. The number of nitrogens with one attached hydrogen (secondary N) is 1. The lowest BCUT2D eigenvalue weighted by molar-refractivity contribution is -0.137. The van der Waals surface area contributed by atoms with Crippen molar-refractivity contribution in [2.75, 3.05) is 6.61 Å². The van der Waals surface area contributed by atoms with Crippen molar-refractivity contribution in [2.24, 2.45) is 0 Å². The van der Waals surface area contributed by atoms with E-state index in [4.69, 9.17) is 4.74 Å². The van der Waals surface area contributed by atoms with Gasteiger partial charge < -0.3 is 10.1 Å². The van der Waals surface area contributed by atoms with E-state index >= 15 is 0 Å². The number of fused-ring (bicyclic) bond motifs is 1. The third-order valence-electron chi connectivity index (χ3n) is 3.63. The molecule has 0 saturated heterocycles. The van der Waals surface area contributed by atoms with Gasteiger partial charge in [-0.3, -0.25) is 9.20 Å². The van der Waals surface area contributed by atoms with Crippen molar-refractivity contribution in [1.82, 2.24) is 19.9 Å². The fourth-order valence-corrected chi connectivity index (χ4v) is 2.36. The van der Waals surface area contributed by atoms with E-state index in [1.807, 2.05) is 6.92 Å². The number of amides is 1. The molecule has 2 aromatic heterocycles. The van der Waals surface area contributed by atoms with Gasteiger partial charge in [-0.25, -0.2) is 0 Å². The number of ether oxygens (including phenoxy) is 1. The number of rotatable bonds is 5. The second-order valence-electron chi connectivity index (χ2n) is 5.40. The molecule has 0 unspecified atom stereocenters. The molecule has 0 atom stereocenters. The van der Waals surface area contributed by atoms with Crippen LogP contribution in [0.2, 0.25) is 0 Å². The predicted octanol–water partition coefficient (Wildman–Crippen LogP) is 3.08. The summed E-state index contributed by atoms with van der Waals surface area (Å²) in [7, 11) is 0. The molecule has 0 saturated carbocycles. The lowest BCUT2D eigenvalue weighted by Crippen LogP contribution is -2.24. The summed E-state index contributed by atoms with van der Waals surface area (Å²) < 4.78 is 45.0. The molecule has 1 N–H and O–H groups in total. The van der Waals surface area contributed by atoms with E-state index in [2.05, 4.69) is 15.5 Å². The lowest BCUT2D eigenvalue weighted by Gasteiger charge is -2.08. The van der Waals surface area contributed by atoms with Crippen LogP contribution < -0.4 is 10.1 Å². The average Bonchev–Trinajstić information content (AvgIpc) is 3.02. The third-order valence-corrected chi connectivity index (χ3v) is 3.63. The Labute approximate surface area is 146 Å². The molecule has 0 aliphatic rings. The Kier molecular flexibility index (Phi) is 4.79. The average molecular weight is 364 g/mol. The molecule has 0 aliphatic carbocycles. The van der Waals surface area contributed by atoms with Crippen LogP contribution in [0.5, 0.6) is 5.75 Å². The third kappa shape index (κ3) is 3.76. The molecule has 3 rings (SSSR count). The second-order valence-corrected chi connectivity index (χ2v) is 5.40. The highest BCUT2D eigenvalue weighted by molar-refractivity contribution is 5.94. The van der Waals surface area contributed by atoms with E-state index in [9.17, 15) is 18.0 Å². The number of carbonyl (C=O) groups excluding carboxylic acids is 1. The van der Waals surface area contributed by atoms with Crippen molar-refractivity contribution in [3.8, 4) is 5.75 Å². The maximum Gasteiger partial charge on any atom is 0.417 e. The zero-order valence-electron chi connectivity index (χ0n) is 13.7. The standard InChI is InChI=1S/C17H15F3N4O2/c1-2-26-13-6-3-11(4-7-13)16(25)21-9-15-23-22-14-8-5-12(10-24(14)15)17(18,19)20/h3-8,10H,2,9H2,1H3,(H,21,25). The van der Waals surface area contributed by atoms with Gasteiger partial charge in [-0.1, -0.05) is 0 Å². The highest BCUT2D eigenvalue weighted by Gasteiger charge is 2.31. The molecule has 26 heavy (non-hydrogen) atoms. The van der Waals surface area contributed by atoms with E-state index in [0.29, 0.717) is 17.9 Å². The van der Waals surface area contributed by atoms with Gasteiger partial charge in [0.05, 0.1) is 18.7 Å². The number of aromatic nitrogens is 3. The maximum absolute atomic E-state index is 12.8. The second kappa shape index (κ2) is 7.03. The van der Waals surface area contributed by atoms with Crippen molar-refractivity contribution in [3.05, 3.63) is 59.5 Å². The minimum absolute atomic E-state index is 0.0610. The molecule has 0 spiro atoms. The van der Waals surface area contributed by atoms with E-state index in [1.54, 1.807) is 24.3 Å². The first-order chi connectivity index (χ1) is 12.4. The zero-order chi connectivity index (χ0) is 18.7. The van der Waals surface area contributed by atoms with Gasteiger partial charge in [0.2, 0.25) is 0 Å². The van der Waals surface area contributed by atoms with Gasteiger partial charge in [0.25, 0.3) is 5.91 Å². The van der Waals surface area contributed by atoms with Crippen molar-refractivity contribution in [3.63, 3.8) is 0 Å². The summed E-state index contributed by atoms with van der Waals surface area (Å²) in [4.78, 5) is 12.2. The summed E-state index contributed by atoms with van der Waals surface area (Å²) in [5.74, 6) is 0.467. The molecule has 136 valence electrons. The molecular weight excluding hydrogens is 349 g/mol. The number of hydrogen-bond acceptors (Lipinski definition) is 4. The van der Waals surface area contributed by atoms with E-state index in [-0.39, 0.29) is 23.9 Å². The van der Waals surface area contributed by atoms with Crippen molar-refractivity contribution in [1.29, 1.82) is 0 Å². The largest absolute Gasteiger partial charge is 0.494 e. The Bertz CT molecular complexity index is 920. The van der Waals surface area contributed by atoms with Gasteiger partial charge in [0.15, 0.2) is 11.5 Å². The van der Waals surface area contributed by atoms with Gasteiger partial charge in [-0.15, -0.1) is 10.2 Å². The maximum atomic E-state index is 12.8. The molecule has 2 heterocycles. The Hall–Kier alpha value is -3.10. The minimum atomic E-state index is -4.47. The van der Waals surface area contributed by atoms with Crippen LogP contribution in [0.25, 0.3) is 5.65 Å². The SMILES string of the molecule is CCOc1ccc(C(=O)NCc2nnc3ccc(C(F)(F)F)cn23)cc1. The minimum Gasteiger partial charge on any atom is -0.494 e. The summed E-state index contributed by atoms with van der Waals surface area (Å²) in [6.07, 6.45) is -3.56. The molecule has 0 bridgehead atoms. The Morgan fingerprint density at radius 2 is 1.88 bits per heavy atom. The van der Waals surface area contributed by atoms with Crippen LogP contribution in [0.1, 0.15) is 28.7 Å². The van der Waals surface area contributed by atoms with Crippen molar-refractivity contribution < 1.29 is 22.7 Å². The highest BCUT2D eigenvalue weighted by atomic mass is 19.4. The van der Waals surface area contributed by atoms with Crippen LogP contribution in [0.3, 0.4) is 0 Å². The monoisotopic (exact) mass is 364 g/mol. The molecular formula is C17H15F3N4O2. The number of carbonyl (C=O) groups is 1. The Morgan fingerprint density at radius 1 is 1.15 bits per heavy atom. The Balaban J connectivity index is 1.73. The van der Waals surface area contributed by atoms with E-state index in [1.165, 1.54) is 10.5 Å². The molecule has 1 aromatic carbocycles. The van der Waals surface area contributed by atoms with Gasteiger partial charge in [-0.2, -0.15) is 13.2 Å². The van der Waals surface area contributed by atoms with E-state index < -0.39 is 11.7 Å². The smallest absolute Gasteiger partial charge is 0.417 e. The number of alkyl halides is 3. The summed E-state index contributed by atoms with van der Waals surface area (Å²) in [5.41, 5.74) is -0.148. The molecule has 9 heteroatoms. The van der Waals surface area contributed by atoms with Gasteiger partial charge in [0, 0.05) is 11.8 Å². The number of pyridine rings is 1. The summed E-state index contributed by atoms with van der Waals surface area (Å²) >= 11 is 0. The summed E-state index contributed by atoms with van der Waals surface area (Å²) in [6.45, 7) is 2.31. The molecule has 0 fully saturated rings.